The fourth-order valence-corrected chi connectivity index (χ4v) is 2.49. The summed E-state index contributed by atoms with van der Waals surface area (Å²) >= 11 is 0. The summed E-state index contributed by atoms with van der Waals surface area (Å²) in [7, 11) is 1.97. The highest BCUT2D eigenvalue weighted by Crippen LogP contribution is 2.20. The van der Waals surface area contributed by atoms with Crippen LogP contribution in [0.25, 0.3) is 0 Å². The number of hydrogen-bond donors (Lipinski definition) is 2. The maximum Gasteiger partial charge on any atom is 0.0693 e. The van der Waals surface area contributed by atoms with Crippen molar-refractivity contribution in [3.05, 3.63) is 17.0 Å². The zero-order chi connectivity index (χ0) is 11.7. The minimum absolute atomic E-state index is 0.169. The quantitative estimate of drug-likeness (QED) is 0.805. The first-order chi connectivity index (χ1) is 7.59. The molecule has 2 atom stereocenters. The van der Waals surface area contributed by atoms with Crippen molar-refractivity contribution in [2.24, 2.45) is 7.05 Å². The molecule has 0 aromatic carbocycles. The number of nitrogens with zero attached hydrogens (tertiary/aromatic N) is 2. The predicted molar refractivity (Wildman–Crippen MR) is 63.2 cm³/mol. The molecule has 0 radical (unpaired) electrons. The van der Waals surface area contributed by atoms with Gasteiger partial charge in [0, 0.05) is 30.9 Å². The second-order valence-electron chi connectivity index (χ2n) is 4.76. The molecule has 90 valence electrons. The number of aryl methyl sites for hydroxylation is 2. The Labute approximate surface area is 96.7 Å². The molecule has 0 amide bonds. The monoisotopic (exact) mass is 223 g/mol. The summed E-state index contributed by atoms with van der Waals surface area (Å²) in [5, 5.41) is 17.6. The molecule has 2 N–H and O–H groups in total. The SMILES string of the molecule is Cc1nn(C)c(C)c1CN[C@H]1CCC[C@@H]1O. The van der Waals surface area contributed by atoms with Gasteiger partial charge in [-0.1, -0.05) is 0 Å². The zero-order valence-corrected chi connectivity index (χ0v) is 10.3. The first-order valence-corrected chi connectivity index (χ1v) is 6.00. The first kappa shape index (κ1) is 11.6. The normalized spacial score (nSPS) is 25.2. The summed E-state index contributed by atoms with van der Waals surface area (Å²) in [6.07, 6.45) is 2.98. The summed E-state index contributed by atoms with van der Waals surface area (Å²) in [6.45, 7) is 4.93. The highest BCUT2D eigenvalue weighted by Gasteiger charge is 2.24. The number of aromatic nitrogens is 2. The minimum atomic E-state index is -0.169. The van der Waals surface area contributed by atoms with E-state index >= 15 is 0 Å². The third-order valence-corrected chi connectivity index (χ3v) is 3.68. The summed E-state index contributed by atoms with van der Waals surface area (Å²) < 4.78 is 1.91. The lowest BCUT2D eigenvalue weighted by Crippen LogP contribution is -2.35. The second kappa shape index (κ2) is 4.55. The van der Waals surface area contributed by atoms with Crippen molar-refractivity contribution in [2.45, 2.75) is 51.8 Å². The Kier molecular flexibility index (Phi) is 3.30. The highest BCUT2D eigenvalue weighted by molar-refractivity contribution is 5.24. The summed E-state index contributed by atoms with van der Waals surface area (Å²) in [6, 6.07) is 0.263. The van der Waals surface area contributed by atoms with E-state index in [9.17, 15) is 5.11 Å². The van der Waals surface area contributed by atoms with Crippen molar-refractivity contribution in [1.82, 2.24) is 15.1 Å². The maximum atomic E-state index is 9.73. The molecule has 2 rings (SSSR count). The molecule has 0 bridgehead atoms. The van der Waals surface area contributed by atoms with Crippen LogP contribution in [-0.4, -0.2) is 27.0 Å². The largest absolute Gasteiger partial charge is 0.392 e. The van der Waals surface area contributed by atoms with Crippen LogP contribution in [0.15, 0.2) is 0 Å². The molecule has 0 aliphatic heterocycles. The van der Waals surface area contributed by atoms with Crippen LogP contribution in [0, 0.1) is 13.8 Å². The molecule has 0 spiro atoms. The molecule has 1 aromatic heterocycles. The average Bonchev–Trinajstić information content (AvgIpc) is 2.72. The summed E-state index contributed by atoms with van der Waals surface area (Å²) in [5.74, 6) is 0. The predicted octanol–water partition coefficient (Wildman–Crippen LogP) is 1.04. The van der Waals surface area contributed by atoms with Gasteiger partial charge < -0.3 is 10.4 Å². The molecule has 1 aromatic rings. The van der Waals surface area contributed by atoms with Crippen LogP contribution in [0.2, 0.25) is 0 Å². The van der Waals surface area contributed by atoms with Gasteiger partial charge in [-0.3, -0.25) is 4.68 Å². The van der Waals surface area contributed by atoms with Gasteiger partial charge in [0.05, 0.1) is 11.8 Å². The van der Waals surface area contributed by atoms with Crippen LogP contribution in [0.3, 0.4) is 0 Å². The minimum Gasteiger partial charge on any atom is -0.392 e. The topological polar surface area (TPSA) is 50.1 Å². The zero-order valence-electron chi connectivity index (χ0n) is 10.3. The fourth-order valence-electron chi connectivity index (χ4n) is 2.49. The van der Waals surface area contributed by atoms with Crippen LogP contribution < -0.4 is 5.32 Å². The Bertz CT molecular complexity index is 373. The Hall–Kier alpha value is -0.870. The molecule has 1 aliphatic carbocycles. The van der Waals surface area contributed by atoms with Crippen molar-refractivity contribution < 1.29 is 5.11 Å². The van der Waals surface area contributed by atoms with Gasteiger partial charge in [0.25, 0.3) is 0 Å². The van der Waals surface area contributed by atoms with Gasteiger partial charge in [-0.2, -0.15) is 5.10 Å². The molecule has 1 fully saturated rings. The van der Waals surface area contributed by atoms with Gasteiger partial charge >= 0.3 is 0 Å². The first-order valence-electron chi connectivity index (χ1n) is 6.00. The van der Waals surface area contributed by atoms with Crippen molar-refractivity contribution in [3.63, 3.8) is 0 Å². The van der Waals surface area contributed by atoms with E-state index in [1.54, 1.807) is 0 Å². The average molecular weight is 223 g/mol. The smallest absolute Gasteiger partial charge is 0.0693 e. The fraction of sp³-hybridized carbons (Fsp3) is 0.750. The van der Waals surface area contributed by atoms with E-state index in [4.69, 9.17) is 0 Å². The number of aliphatic hydroxyl groups is 1. The molecule has 4 nitrogen and oxygen atoms in total. The van der Waals surface area contributed by atoms with Crippen LogP contribution in [0.4, 0.5) is 0 Å². The van der Waals surface area contributed by atoms with E-state index in [1.165, 1.54) is 11.3 Å². The summed E-state index contributed by atoms with van der Waals surface area (Å²) in [5.41, 5.74) is 3.55. The van der Waals surface area contributed by atoms with E-state index in [1.807, 2.05) is 18.7 Å². The Morgan fingerprint density at radius 2 is 2.19 bits per heavy atom. The Morgan fingerprint density at radius 3 is 2.69 bits per heavy atom. The number of hydrogen-bond acceptors (Lipinski definition) is 3. The molecule has 1 aliphatic rings. The van der Waals surface area contributed by atoms with Crippen LogP contribution in [0.1, 0.15) is 36.2 Å². The molecule has 16 heavy (non-hydrogen) atoms. The van der Waals surface area contributed by atoms with Crippen LogP contribution in [-0.2, 0) is 13.6 Å². The maximum absolute atomic E-state index is 9.73. The van der Waals surface area contributed by atoms with Crippen LogP contribution in [0.5, 0.6) is 0 Å². The molecular weight excluding hydrogens is 202 g/mol. The molecule has 4 heteroatoms. The summed E-state index contributed by atoms with van der Waals surface area (Å²) in [4.78, 5) is 0. The van der Waals surface area contributed by atoms with Gasteiger partial charge in [0.2, 0.25) is 0 Å². The lowest BCUT2D eigenvalue weighted by atomic mass is 10.1. The van der Waals surface area contributed by atoms with Gasteiger partial charge in [-0.25, -0.2) is 0 Å². The van der Waals surface area contributed by atoms with Gasteiger partial charge in [0.15, 0.2) is 0 Å². The molecule has 0 unspecified atom stereocenters. The lowest BCUT2D eigenvalue weighted by molar-refractivity contribution is 0.148. The van der Waals surface area contributed by atoms with Crippen molar-refractivity contribution in [1.29, 1.82) is 0 Å². The number of nitrogens with one attached hydrogen (secondary N) is 1. The van der Waals surface area contributed by atoms with Gasteiger partial charge in [0.1, 0.15) is 0 Å². The highest BCUT2D eigenvalue weighted by atomic mass is 16.3. The van der Waals surface area contributed by atoms with E-state index in [2.05, 4.69) is 17.3 Å². The third kappa shape index (κ3) is 2.13. The molecule has 1 saturated carbocycles. The standard InChI is InChI=1S/C12H21N3O/c1-8-10(9(2)15(3)14-8)7-13-11-5-4-6-12(11)16/h11-13,16H,4-7H2,1-3H3/t11-,12-/m0/s1. The second-order valence-corrected chi connectivity index (χ2v) is 4.76. The van der Waals surface area contributed by atoms with E-state index < -0.39 is 0 Å². The van der Waals surface area contributed by atoms with E-state index in [-0.39, 0.29) is 12.1 Å². The van der Waals surface area contributed by atoms with E-state index in [0.29, 0.717) is 0 Å². The van der Waals surface area contributed by atoms with Gasteiger partial charge in [-0.15, -0.1) is 0 Å². The van der Waals surface area contributed by atoms with E-state index in [0.717, 1.165) is 31.5 Å². The van der Waals surface area contributed by atoms with Crippen LogP contribution >= 0.6 is 0 Å². The van der Waals surface area contributed by atoms with Crippen molar-refractivity contribution >= 4 is 0 Å². The Morgan fingerprint density at radius 1 is 1.44 bits per heavy atom. The lowest BCUT2D eigenvalue weighted by Gasteiger charge is -2.16. The van der Waals surface area contributed by atoms with Crippen molar-refractivity contribution in [3.8, 4) is 0 Å². The number of rotatable bonds is 3. The molecule has 1 heterocycles. The number of aliphatic hydroxyl groups excluding tert-OH is 1. The molecular formula is C12H21N3O. The Balaban J connectivity index is 1.99. The molecule has 0 saturated heterocycles. The third-order valence-electron chi connectivity index (χ3n) is 3.68. The van der Waals surface area contributed by atoms with Crippen molar-refractivity contribution in [2.75, 3.05) is 0 Å². The van der Waals surface area contributed by atoms with Gasteiger partial charge in [-0.05, 0) is 33.1 Å².